The summed E-state index contributed by atoms with van der Waals surface area (Å²) in [6, 6.07) is 0.323. The SMILES string of the molecule is CN1CCCC1C(=O)N1CCN(C(=O)NC2CSC2(C)C)CC1. The summed E-state index contributed by atoms with van der Waals surface area (Å²) in [5, 5.41) is 3.14. The van der Waals surface area contributed by atoms with Crippen LogP contribution in [0.4, 0.5) is 4.79 Å². The molecule has 0 aromatic heterocycles. The van der Waals surface area contributed by atoms with Crippen LogP contribution >= 0.6 is 11.8 Å². The number of carbonyl (C=O) groups excluding carboxylic acids is 2. The zero-order chi connectivity index (χ0) is 16.6. The van der Waals surface area contributed by atoms with Gasteiger partial charge in [0.05, 0.1) is 12.1 Å². The summed E-state index contributed by atoms with van der Waals surface area (Å²) in [5.74, 6) is 1.23. The predicted molar refractivity (Wildman–Crippen MR) is 92.7 cm³/mol. The molecule has 23 heavy (non-hydrogen) atoms. The molecule has 0 aromatic rings. The van der Waals surface area contributed by atoms with Crippen molar-refractivity contribution in [2.24, 2.45) is 0 Å². The normalized spacial score (nSPS) is 30.9. The van der Waals surface area contributed by atoms with Crippen LogP contribution in [0.25, 0.3) is 0 Å². The smallest absolute Gasteiger partial charge is 0.317 e. The Labute approximate surface area is 142 Å². The molecule has 0 saturated carbocycles. The Morgan fingerprint density at radius 2 is 1.74 bits per heavy atom. The number of carbonyl (C=O) groups is 2. The third-order valence-electron chi connectivity index (χ3n) is 5.44. The van der Waals surface area contributed by atoms with Gasteiger partial charge in [0.2, 0.25) is 5.91 Å². The van der Waals surface area contributed by atoms with Gasteiger partial charge in [-0.2, -0.15) is 11.8 Å². The number of piperazine rings is 1. The fraction of sp³-hybridized carbons (Fsp3) is 0.875. The first-order valence-electron chi connectivity index (χ1n) is 8.57. The average Bonchev–Trinajstić information content (AvgIpc) is 2.97. The lowest BCUT2D eigenvalue weighted by Gasteiger charge is -2.45. The Morgan fingerprint density at radius 3 is 2.22 bits per heavy atom. The maximum atomic E-state index is 12.6. The fourth-order valence-electron chi connectivity index (χ4n) is 3.52. The standard InChI is InChI=1S/C16H28N4O2S/c1-16(2)13(11-23-16)17-15(22)20-9-7-19(8-10-20)14(21)12-5-4-6-18(12)3/h12-13H,4-11H2,1-3H3,(H,17,22). The van der Waals surface area contributed by atoms with E-state index in [0.29, 0.717) is 26.2 Å². The number of hydrogen-bond donors (Lipinski definition) is 1. The molecule has 2 atom stereocenters. The van der Waals surface area contributed by atoms with E-state index in [1.807, 2.05) is 28.6 Å². The van der Waals surface area contributed by atoms with E-state index in [9.17, 15) is 9.59 Å². The van der Waals surface area contributed by atoms with Crippen molar-refractivity contribution in [1.82, 2.24) is 20.0 Å². The number of likely N-dealkylation sites (N-methyl/N-ethyl adjacent to an activating group) is 1. The molecule has 1 N–H and O–H groups in total. The van der Waals surface area contributed by atoms with Crippen molar-refractivity contribution in [3.63, 3.8) is 0 Å². The zero-order valence-corrected chi connectivity index (χ0v) is 15.2. The highest BCUT2D eigenvalue weighted by Crippen LogP contribution is 2.39. The first kappa shape index (κ1) is 16.9. The van der Waals surface area contributed by atoms with Crippen molar-refractivity contribution < 1.29 is 9.59 Å². The zero-order valence-electron chi connectivity index (χ0n) is 14.4. The molecule has 3 fully saturated rings. The molecule has 0 radical (unpaired) electrons. The van der Waals surface area contributed by atoms with Gasteiger partial charge in [-0.25, -0.2) is 4.79 Å². The third kappa shape index (κ3) is 3.45. The van der Waals surface area contributed by atoms with E-state index in [1.54, 1.807) is 0 Å². The van der Waals surface area contributed by atoms with Crippen LogP contribution in [0.2, 0.25) is 0 Å². The summed E-state index contributed by atoms with van der Waals surface area (Å²) < 4.78 is 0.139. The lowest BCUT2D eigenvalue weighted by atomic mass is 10.0. The second-order valence-electron chi connectivity index (χ2n) is 7.37. The first-order valence-corrected chi connectivity index (χ1v) is 9.55. The molecule has 6 nitrogen and oxygen atoms in total. The Bertz CT molecular complexity index is 477. The molecule has 3 saturated heterocycles. The van der Waals surface area contributed by atoms with Crippen LogP contribution in [0.15, 0.2) is 0 Å². The highest BCUT2D eigenvalue weighted by molar-refractivity contribution is 8.02. The van der Waals surface area contributed by atoms with E-state index in [2.05, 4.69) is 24.1 Å². The highest BCUT2D eigenvalue weighted by Gasteiger charge is 2.41. The van der Waals surface area contributed by atoms with Gasteiger partial charge in [-0.1, -0.05) is 0 Å². The molecule has 3 aliphatic rings. The molecule has 3 amide bonds. The van der Waals surface area contributed by atoms with Gasteiger partial charge in [-0.15, -0.1) is 0 Å². The Balaban J connectivity index is 1.46. The number of hydrogen-bond acceptors (Lipinski definition) is 4. The van der Waals surface area contributed by atoms with E-state index >= 15 is 0 Å². The topological polar surface area (TPSA) is 55.9 Å². The Morgan fingerprint density at radius 1 is 1.09 bits per heavy atom. The Kier molecular flexibility index (Phi) is 4.78. The summed E-state index contributed by atoms with van der Waals surface area (Å²) >= 11 is 1.89. The predicted octanol–water partition coefficient (Wildman–Crippen LogP) is 0.828. The summed E-state index contributed by atoms with van der Waals surface area (Å²) in [5.41, 5.74) is 0. The molecule has 0 bridgehead atoms. The quantitative estimate of drug-likeness (QED) is 0.809. The van der Waals surface area contributed by atoms with Gasteiger partial charge in [0.15, 0.2) is 0 Å². The van der Waals surface area contributed by atoms with Gasteiger partial charge in [0.25, 0.3) is 0 Å². The first-order chi connectivity index (χ1) is 10.9. The third-order valence-corrected chi connectivity index (χ3v) is 6.97. The molecule has 0 aliphatic carbocycles. The number of likely N-dealkylation sites (tertiary alicyclic amines) is 1. The summed E-state index contributed by atoms with van der Waals surface area (Å²) in [6.45, 7) is 7.91. The minimum absolute atomic E-state index is 0.0217. The molecule has 2 unspecified atom stereocenters. The lowest BCUT2D eigenvalue weighted by molar-refractivity contribution is -0.137. The molecule has 7 heteroatoms. The summed E-state index contributed by atoms with van der Waals surface area (Å²) in [6.07, 6.45) is 2.06. The average molecular weight is 340 g/mol. The van der Waals surface area contributed by atoms with E-state index in [0.717, 1.165) is 25.1 Å². The van der Waals surface area contributed by atoms with Crippen LogP contribution in [-0.2, 0) is 4.79 Å². The molecule has 130 valence electrons. The van der Waals surface area contributed by atoms with Crippen LogP contribution in [-0.4, -0.2) is 89.0 Å². The largest absolute Gasteiger partial charge is 0.338 e. The number of nitrogens with zero attached hydrogens (tertiary/aromatic N) is 3. The minimum atomic E-state index is 0.0217. The van der Waals surface area contributed by atoms with Crippen molar-refractivity contribution in [3.05, 3.63) is 0 Å². The summed E-state index contributed by atoms with van der Waals surface area (Å²) in [7, 11) is 2.03. The second kappa shape index (κ2) is 6.51. The molecule has 3 aliphatic heterocycles. The number of amides is 3. The molecule has 0 aromatic carbocycles. The minimum Gasteiger partial charge on any atom is -0.338 e. The van der Waals surface area contributed by atoms with Crippen LogP contribution < -0.4 is 5.32 Å². The van der Waals surface area contributed by atoms with Crippen molar-refractivity contribution in [1.29, 1.82) is 0 Å². The van der Waals surface area contributed by atoms with E-state index in [-0.39, 0.29) is 28.8 Å². The van der Waals surface area contributed by atoms with E-state index in [1.165, 1.54) is 0 Å². The fourth-order valence-corrected chi connectivity index (χ4v) is 4.66. The van der Waals surface area contributed by atoms with Gasteiger partial charge in [0, 0.05) is 36.7 Å². The number of thioether (sulfide) groups is 1. The maximum Gasteiger partial charge on any atom is 0.317 e. The number of nitrogens with one attached hydrogen (secondary N) is 1. The van der Waals surface area contributed by atoms with Crippen molar-refractivity contribution >= 4 is 23.7 Å². The second-order valence-corrected chi connectivity index (χ2v) is 9.04. The molecule has 0 spiro atoms. The molecular formula is C16H28N4O2S. The summed E-state index contributed by atoms with van der Waals surface area (Å²) in [4.78, 5) is 30.9. The van der Waals surface area contributed by atoms with Crippen molar-refractivity contribution in [2.45, 2.75) is 43.5 Å². The Hall–Kier alpha value is -0.950. The van der Waals surface area contributed by atoms with E-state index < -0.39 is 0 Å². The van der Waals surface area contributed by atoms with Crippen LogP contribution in [0.3, 0.4) is 0 Å². The number of urea groups is 1. The van der Waals surface area contributed by atoms with E-state index in [4.69, 9.17) is 0 Å². The maximum absolute atomic E-state index is 12.6. The van der Waals surface area contributed by atoms with Gasteiger partial charge >= 0.3 is 6.03 Å². The van der Waals surface area contributed by atoms with Gasteiger partial charge in [0.1, 0.15) is 0 Å². The number of rotatable bonds is 2. The molecular weight excluding hydrogens is 312 g/mol. The van der Waals surface area contributed by atoms with Gasteiger partial charge in [-0.05, 0) is 40.3 Å². The van der Waals surface area contributed by atoms with Crippen molar-refractivity contribution in [3.8, 4) is 0 Å². The monoisotopic (exact) mass is 340 g/mol. The van der Waals surface area contributed by atoms with Crippen molar-refractivity contribution in [2.75, 3.05) is 45.5 Å². The van der Waals surface area contributed by atoms with Crippen LogP contribution in [0.5, 0.6) is 0 Å². The van der Waals surface area contributed by atoms with Gasteiger partial charge < -0.3 is 15.1 Å². The van der Waals surface area contributed by atoms with Crippen LogP contribution in [0.1, 0.15) is 26.7 Å². The highest BCUT2D eigenvalue weighted by atomic mass is 32.2. The lowest BCUT2D eigenvalue weighted by Crippen LogP contribution is -2.61. The van der Waals surface area contributed by atoms with Gasteiger partial charge in [-0.3, -0.25) is 9.69 Å². The van der Waals surface area contributed by atoms with Crippen LogP contribution in [0, 0.1) is 0 Å². The molecule has 3 rings (SSSR count). The molecule has 3 heterocycles.